The topological polar surface area (TPSA) is 491 Å². The molecule has 15 N–H and O–H groups in total. The molecule has 3 aliphatic carbocycles. The molecule has 7 aromatic rings. The molecule has 7 aliphatic rings. The molecule has 12 atom stereocenters. The summed E-state index contributed by atoms with van der Waals surface area (Å²) in [5.74, 6) is -2.37. The summed E-state index contributed by atoms with van der Waals surface area (Å²) < 4.78 is 71.6. The second-order valence-electron chi connectivity index (χ2n) is 36.8. The number of amides is 7. The Morgan fingerprint density at radius 3 is 1.29 bits per heavy atom. The van der Waals surface area contributed by atoms with Crippen LogP contribution in [0.2, 0.25) is 5.02 Å². The summed E-state index contributed by atoms with van der Waals surface area (Å²) in [5.41, 5.74) is 14.4. The van der Waals surface area contributed by atoms with E-state index in [4.69, 9.17) is 47.7 Å². The van der Waals surface area contributed by atoms with Crippen LogP contribution in [0.5, 0.6) is 0 Å². The van der Waals surface area contributed by atoms with Gasteiger partial charge in [0.1, 0.15) is 52.6 Å². The van der Waals surface area contributed by atoms with Crippen molar-refractivity contribution in [3.8, 4) is 0 Å². The summed E-state index contributed by atoms with van der Waals surface area (Å²) in [4.78, 5) is 118. The summed E-state index contributed by atoms with van der Waals surface area (Å²) in [5, 5.41) is 70.7. The molecule has 4 aliphatic heterocycles. The molecular weight excluding hydrogens is 1790 g/mol. The number of aliphatic hydroxyl groups excluding tert-OH is 4. The average molecular weight is 1910 g/mol. The van der Waals surface area contributed by atoms with Crippen LogP contribution < -0.4 is 77.6 Å². The number of ether oxygens (including phenoxy) is 2. The number of pyridine rings is 4. The number of hydrogen-bond acceptors (Lipinski definition) is 24. The van der Waals surface area contributed by atoms with Crippen LogP contribution in [0.1, 0.15) is 198 Å². The Hall–Kier alpha value is -9.42. The fraction of sp³-hybridized carbons (Fsp3) is 0.500. The Balaban J connectivity index is 0.000000222. The van der Waals surface area contributed by atoms with Crippen LogP contribution in [0.25, 0.3) is 0 Å². The predicted molar refractivity (Wildman–Crippen MR) is 484 cm³/mol. The number of rotatable bonds is 26. The molecule has 7 fully saturated rings. The van der Waals surface area contributed by atoms with Gasteiger partial charge in [0, 0.05) is 75.7 Å². The number of aliphatic hydroxyl groups is 4. The molecular formula is C92H119Cl2F3N15NaO18S. The molecule has 0 bridgehead atoms. The number of nitrogens with one attached hydrogen (secondary N) is 6. The van der Waals surface area contributed by atoms with Gasteiger partial charge in [-0.05, 0) is 243 Å². The number of urea groups is 1. The van der Waals surface area contributed by atoms with Gasteiger partial charge in [0.05, 0.1) is 98.0 Å². The zero-order chi connectivity index (χ0) is 94.8. The van der Waals surface area contributed by atoms with Crippen LogP contribution in [-0.4, -0.2) is 203 Å². The Bertz CT molecular complexity index is 5080. The van der Waals surface area contributed by atoms with Crippen molar-refractivity contribution in [1.29, 1.82) is 0 Å². The number of halogens is 5. The first-order valence-corrected chi connectivity index (χ1v) is 44.8. The number of nitrogens with zero attached hydrogens (tertiary/aromatic N) is 7. The summed E-state index contributed by atoms with van der Waals surface area (Å²) in [6, 6.07) is 23.7. The van der Waals surface area contributed by atoms with E-state index in [0.717, 1.165) is 65.7 Å². The second-order valence-corrected chi connectivity index (χ2v) is 39.2. The van der Waals surface area contributed by atoms with Crippen LogP contribution in [0.3, 0.4) is 0 Å². The molecule has 4 aromatic heterocycles. The minimum absolute atomic E-state index is 0. The molecule has 3 unspecified atom stereocenters. The van der Waals surface area contributed by atoms with Gasteiger partial charge in [0.2, 0.25) is 17.7 Å². The number of hydrogen-bond donors (Lipinski definition) is 13. The molecule has 0 spiro atoms. The normalized spacial score (nSPS) is 21.3. The average Bonchev–Trinajstić information content (AvgIpc) is 1.73. The van der Waals surface area contributed by atoms with Crippen molar-refractivity contribution >= 4 is 106 Å². The number of anilines is 4. The van der Waals surface area contributed by atoms with Crippen LogP contribution in [-0.2, 0) is 65.9 Å². The molecule has 3 aromatic carbocycles. The molecule has 8 heterocycles. The van der Waals surface area contributed by atoms with E-state index in [9.17, 15) is 67.0 Å². The van der Waals surface area contributed by atoms with Crippen molar-refractivity contribution in [3.05, 3.63) is 202 Å². The number of benzene rings is 3. The van der Waals surface area contributed by atoms with Gasteiger partial charge in [-0.1, -0.05) is 68.3 Å². The summed E-state index contributed by atoms with van der Waals surface area (Å²) in [7, 11) is -1.49. The molecule has 132 heavy (non-hydrogen) atoms. The van der Waals surface area contributed by atoms with Gasteiger partial charge in [-0.15, -0.1) is 12.4 Å². The minimum Gasteiger partial charge on any atom is -0.662 e. The quantitative estimate of drug-likeness (QED) is 0.0106. The molecule has 0 radical (unpaired) electrons. The maximum absolute atomic E-state index is 15.3. The fourth-order valence-electron chi connectivity index (χ4n) is 15.6. The molecule has 14 rings (SSSR count). The van der Waals surface area contributed by atoms with Crippen molar-refractivity contribution < 1.29 is 130 Å². The van der Waals surface area contributed by atoms with Gasteiger partial charge < -0.3 is 82.8 Å². The molecule has 33 nitrogen and oxygen atoms in total. The van der Waals surface area contributed by atoms with E-state index in [1.165, 1.54) is 65.9 Å². The van der Waals surface area contributed by atoms with Crippen LogP contribution in [0, 0.1) is 35.2 Å². The van der Waals surface area contributed by atoms with Gasteiger partial charge in [0.15, 0.2) is 0 Å². The number of nitrogens with two attached hydrogens (primary N) is 2. The molecule has 40 heteroatoms. The number of carboxylic acids is 1. The first-order chi connectivity index (χ1) is 61.4. The minimum atomic E-state index is -1.49. The predicted octanol–water partition coefficient (Wildman–Crippen LogP) is 7.86. The number of aromatic nitrogens is 4. The second kappa shape index (κ2) is 47.7. The zero-order valence-corrected chi connectivity index (χ0v) is 80.0. The van der Waals surface area contributed by atoms with Gasteiger partial charge in [-0.25, -0.2) is 46.3 Å². The Kier molecular flexibility index (Phi) is 39.0. The van der Waals surface area contributed by atoms with Crippen molar-refractivity contribution in [1.82, 2.24) is 44.7 Å². The summed E-state index contributed by atoms with van der Waals surface area (Å²) in [6.07, 6.45) is 19.2. The number of carbonyl (C=O) groups is 8. The standard InChI is InChI=1S/C31H43FN4O5S.C28H30ClFN6O3.C22H27FN4O2.C10H17NO5.CH2O3.ClH.Na/c1-29(2,3)41-28(39)36-19-23(37)18-26(36)27(38)34-25-17-22(9-10-24(25)32)31(14-11-20-7-8-20,21-12-15-33-16-13-21)35-42(40)30(4,5)6;29-20-4-6-25(33-15-20)35-27(39)36-16-21(37)14-24(36)26(38)34-23-13-19(3-5-22(23)30)28(31,10-7-17-1-2-17)18-8-11-32-12-9-18;23-18-4-3-16(11-19(18)27-21(29)20-12-17(28)13-26-20)22(24,8-5-14-1-2-14)15-6-9-25-10-7-15;1-10(2,3)16-9(15)11-5-6(12)4-7(11)8(13)14;2-1-4-3;;/h9-10,12-13,15-17,20,23,26,35,37H,7-8,11,14,18-19H2,1-6H3,(H,34,38);3-6,8-9,11-13,15,17,21,24,37H,1-2,7,10,14,16,31H2,(H,34,38)(H,33,35,39);3-4,6-7,9-11,14,17,20,26,28H,1-2,5,8,12-13,24H2,(H,27,29);6-7,12H,4-5H2,1-3H3,(H,13,14);1,3H;1H;/q;;;;;;+1/p-1/t23-,26-,31?,42-;21-,24-,28?;17-,20-,22?;6-,7-;;;/m1111.../s1. The third-order valence-corrected chi connectivity index (χ3v) is 25.0. The van der Waals surface area contributed by atoms with E-state index in [1.807, 2.05) is 57.2 Å². The fourth-order valence-corrected chi connectivity index (χ4v) is 16.7. The zero-order valence-electron chi connectivity index (χ0n) is 75.6. The van der Waals surface area contributed by atoms with E-state index < -0.39 is 146 Å². The largest absolute Gasteiger partial charge is 1.00 e. The van der Waals surface area contributed by atoms with Gasteiger partial charge >= 0.3 is 53.7 Å². The summed E-state index contributed by atoms with van der Waals surface area (Å²) >= 11 is 5.84. The van der Waals surface area contributed by atoms with Crippen molar-refractivity contribution in [2.45, 2.75) is 246 Å². The molecule has 4 saturated heterocycles. The Morgan fingerprint density at radius 2 is 0.909 bits per heavy atom. The number of likely N-dealkylation sites (tertiary alicyclic amines) is 3. The van der Waals surface area contributed by atoms with E-state index in [2.05, 4.69) is 56.1 Å². The van der Waals surface area contributed by atoms with Gasteiger partial charge in [-0.3, -0.25) is 49.2 Å². The van der Waals surface area contributed by atoms with Crippen molar-refractivity contribution in [2.75, 3.05) is 47.4 Å². The number of carboxylic acid groups (broad SMARTS) is 1. The van der Waals surface area contributed by atoms with Crippen molar-refractivity contribution in [2.24, 2.45) is 29.2 Å². The van der Waals surface area contributed by atoms with Crippen molar-refractivity contribution in [3.63, 3.8) is 0 Å². The van der Waals surface area contributed by atoms with E-state index in [0.29, 0.717) is 59.7 Å². The van der Waals surface area contributed by atoms with Gasteiger partial charge in [-0.2, -0.15) is 0 Å². The van der Waals surface area contributed by atoms with E-state index in [1.54, 1.807) is 121 Å². The maximum Gasteiger partial charge on any atom is 1.00 e. The monoisotopic (exact) mass is 1900 g/mol. The smallest absolute Gasteiger partial charge is 0.662 e. The van der Waals surface area contributed by atoms with Crippen LogP contribution in [0.4, 0.5) is 50.4 Å². The third kappa shape index (κ3) is 30.5. The molecule has 3 saturated carbocycles. The number of β-amino-alcohol motifs (C(OH)–C–C–N with tert-alkyl or cyclic N) is 4. The summed E-state index contributed by atoms with van der Waals surface area (Å²) in [6.45, 7) is 16.0. The maximum atomic E-state index is 15.3. The van der Waals surface area contributed by atoms with Crippen LogP contribution >= 0.6 is 24.0 Å². The molecule has 7 amide bonds. The third-order valence-electron chi connectivity index (χ3n) is 23.2. The van der Waals surface area contributed by atoms with E-state index in [-0.39, 0.29) is 116 Å². The first kappa shape index (κ1) is 108. The van der Waals surface area contributed by atoms with Gasteiger partial charge in [0.25, 0.3) is 6.47 Å². The number of aliphatic carboxylic acids is 1. The molecule has 712 valence electrons. The Labute approximate surface area is 801 Å². The van der Waals surface area contributed by atoms with E-state index >= 15 is 4.39 Å². The SMILES string of the molecule is CC(C)(C)OC(=O)N1C[C@H](O)C[C@@H]1C(=O)Nc1cc(C(CCC2CC2)(N[S@](=O)C(C)(C)C)c2ccncc2)ccc1F.CC(C)(C)OC(=O)N1C[C@H](O)C[C@@H]1C(=O)O.Cl.NC(CCC1CC1)(c1ccncc1)c1ccc(F)c(NC(=O)[C@H]2C[C@@H](O)CN2)c1.NC(CCC1CC1)(c1ccncc1)c1ccc(F)c(NC(=O)[C@H]2C[C@@H](O)CN2C(=O)Nc2ccc(Cl)cn2)c1.O=CO[O-].[Na+]. The number of carbonyl (C=O) groups excluding carboxylic acids is 7. The Morgan fingerprint density at radius 1 is 0.530 bits per heavy atom. The van der Waals surface area contributed by atoms with Crippen LogP contribution in [0.15, 0.2) is 147 Å². The first-order valence-electron chi connectivity index (χ1n) is 43.3.